The molecule has 0 spiro atoms. The highest BCUT2D eigenvalue weighted by molar-refractivity contribution is 5.94. The largest absolute Gasteiger partial charge is 0.493 e. The van der Waals surface area contributed by atoms with E-state index in [1.807, 2.05) is 26.0 Å². The first-order valence-electron chi connectivity index (χ1n) is 11.2. The van der Waals surface area contributed by atoms with E-state index in [-0.39, 0.29) is 29.8 Å². The van der Waals surface area contributed by atoms with Gasteiger partial charge in [0.1, 0.15) is 23.9 Å². The molecule has 5 heteroatoms. The number of carbonyl (C=O) groups excluding carboxylic acids is 1. The minimum absolute atomic E-state index is 0.0768. The lowest BCUT2D eigenvalue weighted by Gasteiger charge is -2.19. The highest BCUT2D eigenvalue weighted by Crippen LogP contribution is 2.26. The van der Waals surface area contributed by atoms with Gasteiger partial charge < -0.3 is 14.8 Å². The smallest absolute Gasteiger partial charge is 0.251 e. The fraction of sp³-hybridized carbons (Fsp3) is 0.321. The van der Waals surface area contributed by atoms with E-state index in [9.17, 15) is 9.18 Å². The van der Waals surface area contributed by atoms with Gasteiger partial charge in [-0.15, -0.1) is 0 Å². The standard InChI is InChI=1S/C28H32FNO3/c1-6-32-26-16-9-21(27(31)30-19(2)20-7-12-24(29)13-8-20)17-22(26)18-33-25-14-10-23(11-15-25)28(3,4)5/h7-17,19H,6,18H2,1-5H3,(H,30,31)/t19-/m0/s1. The quantitative estimate of drug-likeness (QED) is 0.422. The van der Waals surface area contributed by atoms with Crippen molar-refractivity contribution in [3.63, 3.8) is 0 Å². The topological polar surface area (TPSA) is 47.6 Å². The van der Waals surface area contributed by atoms with Crippen LogP contribution < -0.4 is 14.8 Å². The normalized spacial score (nSPS) is 12.2. The van der Waals surface area contributed by atoms with Gasteiger partial charge in [0, 0.05) is 11.1 Å². The summed E-state index contributed by atoms with van der Waals surface area (Å²) in [4.78, 5) is 12.9. The third kappa shape index (κ3) is 6.58. The Morgan fingerprint density at radius 3 is 2.24 bits per heavy atom. The van der Waals surface area contributed by atoms with Crippen molar-refractivity contribution in [1.82, 2.24) is 5.32 Å². The molecule has 3 rings (SSSR count). The summed E-state index contributed by atoms with van der Waals surface area (Å²) in [5.74, 6) is 0.921. The van der Waals surface area contributed by atoms with Gasteiger partial charge in [0.05, 0.1) is 12.6 Å². The number of halogens is 1. The minimum Gasteiger partial charge on any atom is -0.493 e. The highest BCUT2D eigenvalue weighted by atomic mass is 19.1. The molecule has 0 aliphatic carbocycles. The van der Waals surface area contributed by atoms with Crippen molar-refractivity contribution in [3.8, 4) is 11.5 Å². The van der Waals surface area contributed by atoms with E-state index in [0.29, 0.717) is 17.9 Å². The molecule has 0 aliphatic rings. The first kappa shape index (κ1) is 24.3. The Hall–Kier alpha value is -3.34. The number of benzene rings is 3. The maximum absolute atomic E-state index is 13.2. The third-order valence-corrected chi connectivity index (χ3v) is 5.45. The molecule has 0 radical (unpaired) electrons. The number of hydrogen-bond donors (Lipinski definition) is 1. The second-order valence-electron chi connectivity index (χ2n) is 9.07. The zero-order valence-electron chi connectivity index (χ0n) is 19.9. The Labute approximate surface area is 195 Å². The molecule has 0 unspecified atom stereocenters. The molecule has 0 aliphatic heterocycles. The third-order valence-electron chi connectivity index (χ3n) is 5.45. The molecule has 0 saturated carbocycles. The average molecular weight is 450 g/mol. The van der Waals surface area contributed by atoms with Gasteiger partial charge in [-0.3, -0.25) is 4.79 Å². The highest BCUT2D eigenvalue weighted by Gasteiger charge is 2.16. The summed E-state index contributed by atoms with van der Waals surface area (Å²) < 4.78 is 24.9. The van der Waals surface area contributed by atoms with Gasteiger partial charge in [0.15, 0.2) is 0 Å². The van der Waals surface area contributed by atoms with Crippen LogP contribution in [0.3, 0.4) is 0 Å². The summed E-state index contributed by atoms with van der Waals surface area (Å²) in [6, 6.07) is 19.2. The Kier molecular flexibility index (Phi) is 7.75. The lowest BCUT2D eigenvalue weighted by atomic mass is 9.87. The van der Waals surface area contributed by atoms with Crippen LogP contribution in [0.1, 0.15) is 67.7 Å². The molecule has 4 nitrogen and oxygen atoms in total. The average Bonchev–Trinajstić information content (AvgIpc) is 2.78. The van der Waals surface area contributed by atoms with Crippen molar-refractivity contribution >= 4 is 5.91 Å². The van der Waals surface area contributed by atoms with Gasteiger partial charge in [0.2, 0.25) is 0 Å². The summed E-state index contributed by atoms with van der Waals surface area (Å²) in [5, 5.41) is 2.96. The lowest BCUT2D eigenvalue weighted by molar-refractivity contribution is 0.0939. The molecule has 0 heterocycles. The number of amides is 1. The van der Waals surface area contributed by atoms with E-state index in [2.05, 4.69) is 38.2 Å². The van der Waals surface area contributed by atoms with Gasteiger partial charge in [-0.05, 0) is 72.9 Å². The van der Waals surface area contributed by atoms with Gasteiger partial charge in [0.25, 0.3) is 5.91 Å². The molecule has 3 aromatic rings. The SMILES string of the molecule is CCOc1ccc(C(=O)N[C@@H](C)c2ccc(F)cc2)cc1COc1ccc(C(C)(C)C)cc1. The van der Waals surface area contributed by atoms with E-state index in [1.165, 1.54) is 17.7 Å². The monoisotopic (exact) mass is 449 g/mol. The zero-order chi connectivity index (χ0) is 24.0. The molecular formula is C28H32FNO3. The van der Waals surface area contributed by atoms with Crippen LogP contribution in [0.4, 0.5) is 4.39 Å². The fourth-order valence-corrected chi connectivity index (χ4v) is 3.46. The van der Waals surface area contributed by atoms with Crippen LogP contribution in [-0.2, 0) is 12.0 Å². The van der Waals surface area contributed by atoms with Crippen molar-refractivity contribution in [1.29, 1.82) is 0 Å². The second-order valence-corrected chi connectivity index (χ2v) is 9.07. The van der Waals surface area contributed by atoms with Crippen molar-refractivity contribution < 1.29 is 18.7 Å². The molecule has 3 aromatic carbocycles. The van der Waals surface area contributed by atoms with Crippen LogP contribution in [0.5, 0.6) is 11.5 Å². The van der Waals surface area contributed by atoms with Crippen LogP contribution in [0.2, 0.25) is 0 Å². The van der Waals surface area contributed by atoms with Gasteiger partial charge >= 0.3 is 0 Å². The van der Waals surface area contributed by atoms with Crippen molar-refractivity contribution in [2.45, 2.75) is 52.7 Å². The van der Waals surface area contributed by atoms with E-state index >= 15 is 0 Å². The summed E-state index contributed by atoms with van der Waals surface area (Å²) in [6.45, 7) is 11.1. The summed E-state index contributed by atoms with van der Waals surface area (Å²) in [6.07, 6.45) is 0. The summed E-state index contributed by atoms with van der Waals surface area (Å²) in [5.41, 5.74) is 3.44. The fourth-order valence-electron chi connectivity index (χ4n) is 3.46. The lowest BCUT2D eigenvalue weighted by Crippen LogP contribution is -2.26. The minimum atomic E-state index is -0.304. The zero-order valence-corrected chi connectivity index (χ0v) is 19.9. The first-order valence-corrected chi connectivity index (χ1v) is 11.2. The predicted octanol–water partition coefficient (Wildman–Crippen LogP) is 6.59. The molecule has 0 fully saturated rings. The molecule has 1 amide bonds. The summed E-state index contributed by atoms with van der Waals surface area (Å²) >= 11 is 0. The van der Waals surface area contributed by atoms with E-state index in [4.69, 9.17) is 9.47 Å². The number of ether oxygens (including phenoxy) is 2. The molecule has 1 N–H and O–H groups in total. The maximum atomic E-state index is 13.2. The Balaban J connectivity index is 1.73. The molecule has 0 bridgehead atoms. The van der Waals surface area contributed by atoms with E-state index in [1.54, 1.807) is 30.3 Å². The first-order chi connectivity index (χ1) is 15.7. The second kappa shape index (κ2) is 10.5. The molecule has 1 atom stereocenters. The van der Waals surface area contributed by atoms with Crippen LogP contribution in [0.15, 0.2) is 66.7 Å². The van der Waals surface area contributed by atoms with Gasteiger partial charge in [-0.1, -0.05) is 45.0 Å². The van der Waals surface area contributed by atoms with Crippen LogP contribution >= 0.6 is 0 Å². The maximum Gasteiger partial charge on any atom is 0.251 e. The van der Waals surface area contributed by atoms with Gasteiger partial charge in [-0.2, -0.15) is 0 Å². The number of rotatable bonds is 8. The Morgan fingerprint density at radius 2 is 1.64 bits per heavy atom. The molecule has 0 saturated heterocycles. The van der Waals surface area contributed by atoms with Crippen LogP contribution in [0, 0.1) is 5.82 Å². The Morgan fingerprint density at radius 1 is 0.970 bits per heavy atom. The molecule has 33 heavy (non-hydrogen) atoms. The van der Waals surface area contributed by atoms with E-state index in [0.717, 1.165) is 16.9 Å². The summed E-state index contributed by atoms with van der Waals surface area (Å²) in [7, 11) is 0. The molecular weight excluding hydrogens is 417 g/mol. The van der Waals surface area contributed by atoms with Crippen molar-refractivity contribution in [2.24, 2.45) is 0 Å². The molecule has 174 valence electrons. The van der Waals surface area contributed by atoms with Crippen LogP contribution in [-0.4, -0.2) is 12.5 Å². The van der Waals surface area contributed by atoms with Crippen LogP contribution in [0.25, 0.3) is 0 Å². The number of carbonyl (C=O) groups is 1. The van der Waals surface area contributed by atoms with E-state index < -0.39 is 0 Å². The number of nitrogens with one attached hydrogen (secondary N) is 1. The van der Waals surface area contributed by atoms with Gasteiger partial charge in [-0.25, -0.2) is 4.39 Å². The molecule has 0 aromatic heterocycles. The number of hydrogen-bond acceptors (Lipinski definition) is 3. The van der Waals surface area contributed by atoms with Crippen molar-refractivity contribution in [3.05, 3.63) is 94.8 Å². The predicted molar refractivity (Wildman–Crippen MR) is 129 cm³/mol. The van der Waals surface area contributed by atoms with Crippen molar-refractivity contribution in [2.75, 3.05) is 6.61 Å². The Bertz CT molecular complexity index is 1070.